The Kier molecular flexibility index (Phi) is 7.27. The summed E-state index contributed by atoms with van der Waals surface area (Å²) in [4.78, 5) is 11.6. The average Bonchev–Trinajstić information content (AvgIpc) is 3.38. The number of hydrogen-bond donors (Lipinski definition) is 1. The molecule has 0 amide bonds. The molecule has 0 unspecified atom stereocenters. The number of thiocarbonyl (C=S) groups is 1. The van der Waals surface area contributed by atoms with Crippen LogP contribution in [0.25, 0.3) is 5.69 Å². The third-order valence-corrected chi connectivity index (χ3v) is 7.61. The molecule has 0 bridgehead atoms. The van der Waals surface area contributed by atoms with Crippen LogP contribution in [0.2, 0.25) is 0 Å². The van der Waals surface area contributed by atoms with Gasteiger partial charge in [0.2, 0.25) is 0 Å². The lowest BCUT2D eigenvalue weighted by atomic mass is 9.96. The van der Waals surface area contributed by atoms with E-state index in [9.17, 15) is 0 Å². The van der Waals surface area contributed by atoms with Crippen molar-refractivity contribution in [3.05, 3.63) is 77.4 Å². The Bertz CT molecular complexity index is 1190. The second kappa shape index (κ2) is 10.6. The summed E-state index contributed by atoms with van der Waals surface area (Å²) >= 11 is 5.85. The molecule has 2 atom stereocenters. The third-order valence-electron chi connectivity index (χ3n) is 7.26. The maximum absolute atomic E-state index is 5.85. The Morgan fingerprint density at radius 2 is 1.78 bits per heavy atom. The minimum absolute atomic E-state index is 0.00138. The summed E-state index contributed by atoms with van der Waals surface area (Å²) in [5, 5.41) is 4.37. The van der Waals surface area contributed by atoms with Crippen molar-refractivity contribution in [1.82, 2.24) is 24.7 Å². The summed E-state index contributed by atoms with van der Waals surface area (Å²) in [5.41, 5.74) is 7.17. The van der Waals surface area contributed by atoms with Crippen molar-refractivity contribution in [1.29, 1.82) is 0 Å². The fraction of sp³-hybridized carbons (Fsp3) is 0.429. The van der Waals surface area contributed by atoms with E-state index in [1.807, 2.05) is 18.3 Å². The molecule has 3 aromatic rings. The van der Waals surface area contributed by atoms with Gasteiger partial charge in [-0.05, 0) is 88.2 Å². The number of anilines is 1. The van der Waals surface area contributed by atoms with Crippen LogP contribution in [-0.2, 0) is 4.74 Å². The van der Waals surface area contributed by atoms with Crippen LogP contribution >= 0.6 is 12.2 Å². The SMILES string of the molecule is Cc1cc([C@@H]2[C@H](c3ccccn3)NC(=S)N2CCN(C)C)c(C)n1-c1ccc(N2CCOCC2)cc1. The van der Waals surface area contributed by atoms with Crippen LogP contribution in [0.5, 0.6) is 0 Å². The zero-order valence-electron chi connectivity index (χ0n) is 21.6. The largest absolute Gasteiger partial charge is 0.378 e. The van der Waals surface area contributed by atoms with Crippen molar-refractivity contribution in [2.45, 2.75) is 25.9 Å². The molecule has 0 spiro atoms. The first-order chi connectivity index (χ1) is 17.4. The molecular formula is C28H36N6OS. The van der Waals surface area contributed by atoms with E-state index in [1.165, 1.54) is 28.3 Å². The molecule has 2 fully saturated rings. The highest BCUT2D eigenvalue weighted by Gasteiger charge is 2.41. The summed E-state index contributed by atoms with van der Waals surface area (Å²) in [5.74, 6) is 0. The highest BCUT2D eigenvalue weighted by atomic mass is 32.1. The molecule has 2 aromatic heterocycles. The molecule has 190 valence electrons. The first-order valence-corrected chi connectivity index (χ1v) is 13.1. The number of nitrogens with zero attached hydrogens (tertiary/aromatic N) is 5. The predicted molar refractivity (Wildman–Crippen MR) is 149 cm³/mol. The molecule has 0 aliphatic carbocycles. The molecule has 4 heterocycles. The topological polar surface area (TPSA) is 48.8 Å². The number of aryl methyl sites for hydroxylation is 1. The number of rotatable bonds is 7. The van der Waals surface area contributed by atoms with Crippen LogP contribution in [0, 0.1) is 13.8 Å². The molecule has 1 aromatic carbocycles. The molecule has 5 rings (SSSR count). The van der Waals surface area contributed by atoms with Gasteiger partial charge in [-0.25, -0.2) is 0 Å². The molecule has 8 heteroatoms. The van der Waals surface area contributed by atoms with Crippen molar-refractivity contribution >= 4 is 23.0 Å². The van der Waals surface area contributed by atoms with Crippen molar-refractivity contribution in [3.8, 4) is 5.69 Å². The summed E-state index contributed by atoms with van der Waals surface area (Å²) in [6, 6.07) is 17.4. The minimum atomic E-state index is -0.00138. The Balaban J connectivity index is 1.50. The lowest BCUT2D eigenvalue weighted by Crippen LogP contribution is -2.36. The van der Waals surface area contributed by atoms with Gasteiger partial charge in [-0.2, -0.15) is 0 Å². The molecule has 36 heavy (non-hydrogen) atoms. The molecule has 2 aliphatic heterocycles. The maximum atomic E-state index is 5.85. The standard InChI is InChI=1S/C28H36N6OS/c1-20-19-24(21(2)34(20)23-10-8-22(9-11-23)32-15-17-35-18-16-32)27-26(25-7-5-6-12-29-25)30-28(36)33(27)14-13-31(3)4/h5-12,19,26-27H,13-18H2,1-4H3,(H,30,36)/t26-,27+/m0/s1. The van der Waals surface area contributed by atoms with Crippen LogP contribution in [0.1, 0.15) is 34.7 Å². The number of benzene rings is 1. The molecule has 2 aliphatic rings. The summed E-state index contributed by atoms with van der Waals surface area (Å²) < 4.78 is 7.87. The molecule has 0 saturated carbocycles. The van der Waals surface area contributed by atoms with Gasteiger partial charge in [-0.1, -0.05) is 6.07 Å². The van der Waals surface area contributed by atoms with E-state index in [4.69, 9.17) is 21.9 Å². The van der Waals surface area contributed by atoms with Crippen molar-refractivity contribution < 1.29 is 4.74 Å². The summed E-state index contributed by atoms with van der Waals surface area (Å²) in [7, 11) is 4.20. The van der Waals surface area contributed by atoms with Crippen molar-refractivity contribution in [2.75, 3.05) is 58.4 Å². The van der Waals surface area contributed by atoms with Crippen LogP contribution in [0.4, 0.5) is 5.69 Å². The number of nitrogens with one attached hydrogen (secondary N) is 1. The fourth-order valence-corrected chi connectivity index (χ4v) is 5.74. The van der Waals surface area contributed by atoms with Gasteiger partial charge in [0.25, 0.3) is 0 Å². The summed E-state index contributed by atoms with van der Waals surface area (Å²) in [6.07, 6.45) is 1.86. The van der Waals surface area contributed by atoms with Gasteiger partial charge >= 0.3 is 0 Å². The first kappa shape index (κ1) is 24.7. The number of pyridine rings is 1. The smallest absolute Gasteiger partial charge is 0.170 e. The fourth-order valence-electron chi connectivity index (χ4n) is 5.41. The van der Waals surface area contributed by atoms with Crippen molar-refractivity contribution in [2.24, 2.45) is 0 Å². The lowest BCUT2D eigenvalue weighted by Gasteiger charge is -2.29. The molecule has 1 N–H and O–H groups in total. The lowest BCUT2D eigenvalue weighted by molar-refractivity contribution is 0.122. The third kappa shape index (κ3) is 4.85. The molecule has 2 saturated heterocycles. The van der Waals surface area contributed by atoms with E-state index in [0.29, 0.717) is 0 Å². The monoisotopic (exact) mass is 504 g/mol. The Morgan fingerprint density at radius 1 is 1.06 bits per heavy atom. The van der Waals surface area contributed by atoms with E-state index in [2.05, 4.69) is 88.9 Å². The zero-order chi connectivity index (χ0) is 25.2. The van der Waals surface area contributed by atoms with E-state index >= 15 is 0 Å². The maximum Gasteiger partial charge on any atom is 0.170 e. The second-order valence-corrected chi connectivity index (χ2v) is 10.3. The van der Waals surface area contributed by atoms with Gasteiger partial charge in [-0.3, -0.25) is 4.98 Å². The summed E-state index contributed by atoms with van der Waals surface area (Å²) in [6.45, 7) is 9.65. The zero-order valence-corrected chi connectivity index (χ0v) is 22.5. The highest BCUT2D eigenvalue weighted by molar-refractivity contribution is 7.80. The van der Waals surface area contributed by atoms with Gasteiger partial charge in [0.15, 0.2) is 5.11 Å². The Morgan fingerprint density at radius 3 is 2.44 bits per heavy atom. The Hall–Kier alpha value is -2.94. The van der Waals surface area contributed by atoms with Gasteiger partial charge in [-0.15, -0.1) is 0 Å². The number of likely N-dealkylation sites (N-methyl/N-ethyl adjacent to an activating group) is 1. The van der Waals surface area contributed by atoms with Gasteiger partial charge < -0.3 is 29.3 Å². The van der Waals surface area contributed by atoms with E-state index in [-0.39, 0.29) is 12.1 Å². The second-order valence-electron chi connectivity index (χ2n) is 9.90. The van der Waals surface area contributed by atoms with E-state index in [0.717, 1.165) is 50.2 Å². The number of hydrogen-bond acceptors (Lipinski definition) is 5. The average molecular weight is 505 g/mol. The quantitative estimate of drug-likeness (QED) is 0.491. The van der Waals surface area contributed by atoms with Crippen LogP contribution in [-0.4, -0.2) is 78.0 Å². The number of morpholine rings is 1. The van der Waals surface area contributed by atoms with Gasteiger partial charge in [0.05, 0.1) is 31.0 Å². The molecular weight excluding hydrogens is 468 g/mol. The normalized spacial score (nSPS) is 20.3. The predicted octanol–water partition coefficient (Wildman–Crippen LogP) is 3.86. The van der Waals surface area contributed by atoms with Gasteiger partial charge in [0.1, 0.15) is 0 Å². The van der Waals surface area contributed by atoms with E-state index < -0.39 is 0 Å². The first-order valence-electron chi connectivity index (χ1n) is 12.7. The van der Waals surface area contributed by atoms with Crippen LogP contribution in [0.3, 0.4) is 0 Å². The number of aromatic nitrogens is 2. The Labute approximate surface area is 219 Å². The van der Waals surface area contributed by atoms with Gasteiger partial charge in [0, 0.05) is 55.1 Å². The van der Waals surface area contributed by atoms with Crippen LogP contribution < -0.4 is 10.2 Å². The molecule has 7 nitrogen and oxygen atoms in total. The minimum Gasteiger partial charge on any atom is -0.378 e. The van der Waals surface area contributed by atoms with Crippen molar-refractivity contribution in [3.63, 3.8) is 0 Å². The highest BCUT2D eigenvalue weighted by Crippen LogP contribution is 2.41. The van der Waals surface area contributed by atoms with Crippen LogP contribution in [0.15, 0.2) is 54.7 Å². The molecule has 0 radical (unpaired) electrons. The van der Waals surface area contributed by atoms with E-state index in [1.54, 1.807) is 0 Å². The number of ether oxygens (including phenoxy) is 1.